The minimum atomic E-state index is -0.960. The van der Waals surface area contributed by atoms with E-state index in [0.717, 1.165) is 34.2 Å². The van der Waals surface area contributed by atoms with Crippen molar-refractivity contribution in [2.45, 2.75) is 63.1 Å². The Morgan fingerprint density at radius 3 is 2.22 bits per heavy atom. The number of ether oxygens (including phenoxy) is 2. The smallest absolute Gasteiger partial charge is 0.145 e. The molecule has 2 unspecified atom stereocenters. The van der Waals surface area contributed by atoms with Gasteiger partial charge in [0.15, 0.2) is 0 Å². The zero-order valence-corrected chi connectivity index (χ0v) is 26.4. The quantitative estimate of drug-likeness (QED) is 0.152. The molecule has 232 valence electrons. The van der Waals surface area contributed by atoms with E-state index in [-0.39, 0.29) is 18.1 Å². The summed E-state index contributed by atoms with van der Waals surface area (Å²) >= 11 is 6.34. The molecule has 7 nitrogen and oxygen atoms in total. The molecule has 0 saturated heterocycles. The molecule has 2 heterocycles. The highest BCUT2D eigenvalue weighted by atomic mass is 35.5. The number of fused-ring (bicyclic) bond motifs is 1. The number of aromatic nitrogens is 3. The van der Waals surface area contributed by atoms with Crippen molar-refractivity contribution in [3.05, 3.63) is 125 Å². The van der Waals surface area contributed by atoms with Gasteiger partial charge in [-0.2, -0.15) is 0 Å². The van der Waals surface area contributed by atoms with Gasteiger partial charge in [0.25, 0.3) is 0 Å². The summed E-state index contributed by atoms with van der Waals surface area (Å²) in [4.78, 5) is 8.56. The van der Waals surface area contributed by atoms with Crippen LogP contribution in [0.4, 0.5) is 0 Å². The number of hydrogen-bond donors (Lipinski definition) is 2. The lowest BCUT2D eigenvalue weighted by atomic mass is 9.79. The number of hydrogen-bond acceptors (Lipinski definition) is 6. The Labute approximate surface area is 268 Å². The van der Waals surface area contributed by atoms with E-state index in [0.29, 0.717) is 23.6 Å². The van der Waals surface area contributed by atoms with E-state index in [1.54, 1.807) is 7.11 Å². The lowest BCUT2D eigenvalue weighted by molar-refractivity contribution is -0.0721. The second kappa shape index (κ2) is 11.6. The number of methoxy groups -OCH3 is 1. The van der Waals surface area contributed by atoms with Crippen LogP contribution in [0.2, 0.25) is 5.15 Å². The van der Waals surface area contributed by atoms with Crippen LogP contribution in [0, 0.1) is 18.3 Å². The molecule has 2 N–H and O–H groups in total. The highest BCUT2D eigenvalue weighted by Gasteiger charge is 2.59. The van der Waals surface area contributed by atoms with Gasteiger partial charge < -0.3 is 24.3 Å². The monoisotopic (exact) mass is 623 g/mol. The van der Waals surface area contributed by atoms with Crippen molar-refractivity contribution < 1.29 is 19.7 Å². The number of nitrogens with zero attached hydrogens (tertiary/aromatic N) is 3. The molecule has 1 spiro atoms. The highest BCUT2D eigenvalue weighted by Crippen LogP contribution is 2.58. The molecular weight excluding hydrogens is 586 g/mol. The van der Waals surface area contributed by atoms with Crippen LogP contribution < -0.4 is 4.74 Å². The lowest BCUT2D eigenvalue weighted by Gasteiger charge is -2.39. The maximum atomic E-state index is 11.7. The fourth-order valence-corrected chi connectivity index (χ4v) is 8.13. The fourth-order valence-electron chi connectivity index (χ4n) is 7.94. The van der Waals surface area contributed by atoms with Gasteiger partial charge in [0.05, 0.1) is 30.7 Å². The molecule has 45 heavy (non-hydrogen) atoms. The second-order valence-electron chi connectivity index (χ2n) is 12.9. The molecule has 7 rings (SSSR count). The number of rotatable bonds is 7. The SMILES string of the molecule is COc1ccc(C(OC2C[C@@]3(C[C@H]2C)C[C@@H](n2ccc4c(Cl)ncnc42)[C@H](O)[C@@H]3O)(c2ccccc2)c2ccc(C)cc2)cc1. The predicted octanol–water partition coefficient (Wildman–Crippen LogP) is 6.86. The van der Waals surface area contributed by atoms with Crippen LogP contribution in [-0.2, 0) is 10.3 Å². The molecule has 0 aliphatic heterocycles. The number of aliphatic hydroxyl groups excluding tert-OH is 2. The van der Waals surface area contributed by atoms with Gasteiger partial charge >= 0.3 is 0 Å². The van der Waals surface area contributed by atoms with E-state index >= 15 is 0 Å². The molecule has 5 aromatic rings. The van der Waals surface area contributed by atoms with Crippen LogP contribution in [-0.4, -0.2) is 50.2 Å². The van der Waals surface area contributed by atoms with Crippen LogP contribution in [0.25, 0.3) is 11.0 Å². The Balaban J connectivity index is 1.29. The molecule has 7 atom stereocenters. The van der Waals surface area contributed by atoms with Gasteiger partial charge in [0.1, 0.15) is 34.6 Å². The van der Waals surface area contributed by atoms with Crippen molar-refractivity contribution in [1.29, 1.82) is 0 Å². The molecule has 0 radical (unpaired) electrons. The van der Waals surface area contributed by atoms with Crippen LogP contribution in [0.15, 0.2) is 97.5 Å². The molecule has 8 heteroatoms. The van der Waals surface area contributed by atoms with Gasteiger partial charge in [-0.05, 0) is 67.0 Å². The third-order valence-corrected chi connectivity index (χ3v) is 10.5. The first-order chi connectivity index (χ1) is 21.8. The van der Waals surface area contributed by atoms with E-state index in [1.165, 1.54) is 11.9 Å². The Bertz CT molecular complexity index is 1790. The first kappa shape index (κ1) is 29.9. The minimum Gasteiger partial charge on any atom is -0.497 e. The van der Waals surface area contributed by atoms with Crippen LogP contribution in [0.1, 0.15) is 54.5 Å². The molecule has 0 amide bonds. The van der Waals surface area contributed by atoms with Gasteiger partial charge in [-0.15, -0.1) is 0 Å². The van der Waals surface area contributed by atoms with E-state index in [9.17, 15) is 10.2 Å². The summed E-state index contributed by atoms with van der Waals surface area (Å²) < 4.78 is 14.9. The second-order valence-corrected chi connectivity index (χ2v) is 13.2. The van der Waals surface area contributed by atoms with Gasteiger partial charge in [0, 0.05) is 11.6 Å². The van der Waals surface area contributed by atoms with E-state index < -0.39 is 23.2 Å². The van der Waals surface area contributed by atoms with E-state index in [2.05, 4.69) is 72.3 Å². The molecule has 2 aromatic heterocycles. The third-order valence-electron chi connectivity index (χ3n) is 10.2. The normalized spacial score (nSPS) is 27.6. The summed E-state index contributed by atoms with van der Waals surface area (Å²) in [5.41, 5.74) is 3.41. The van der Waals surface area contributed by atoms with Crippen molar-refractivity contribution in [3.8, 4) is 5.75 Å². The summed E-state index contributed by atoms with van der Waals surface area (Å²) in [6, 6.07) is 28.5. The number of aryl methyl sites for hydroxylation is 1. The Morgan fingerprint density at radius 2 is 1.53 bits per heavy atom. The zero-order valence-electron chi connectivity index (χ0n) is 25.7. The molecular formula is C37H38ClN3O4. The summed E-state index contributed by atoms with van der Waals surface area (Å²) in [6.07, 6.45) is 3.17. The van der Waals surface area contributed by atoms with Crippen molar-refractivity contribution >= 4 is 22.6 Å². The fraction of sp³-hybridized carbons (Fsp3) is 0.351. The highest BCUT2D eigenvalue weighted by molar-refractivity contribution is 6.33. The maximum Gasteiger partial charge on any atom is 0.145 e. The zero-order chi connectivity index (χ0) is 31.3. The summed E-state index contributed by atoms with van der Waals surface area (Å²) in [5, 5.41) is 24.3. The van der Waals surface area contributed by atoms with Gasteiger partial charge in [-0.3, -0.25) is 0 Å². The Hall–Kier alpha value is -3.75. The molecule has 3 aromatic carbocycles. The van der Waals surface area contributed by atoms with Crippen LogP contribution in [0.3, 0.4) is 0 Å². The van der Waals surface area contributed by atoms with Crippen LogP contribution >= 0.6 is 11.6 Å². The molecule has 0 bridgehead atoms. The predicted molar refractivity (Wildman–Crippen MR) is 174 cm³/mol. The first-order valence-corrected chi connectivity index (χ1v) is 15.9. The largest absolute Gasteiger partial charge is 0.497 e. The lowest BCUT2D eigenvalue weighted by Crippen LogP contribution is -2.39. The standard InChI is InChI=1S/C37H38ClN3O4/c1-23-9-11-26(12-10-23)37(25-7-5-4-6-8-25,27-13-15-28(44-3)16-14-27)45-31-21-36(19-24(31)2)20-30(32(42)33(36)43)41-18-17-29-34(38)39-22-40-35(29)41/h4-18,22,24,30-33,42-43H,19-21H2,1-3H3/t24-,30-,31?,32+,33+,36-,37?/m1/s1. The topological polar surface area (TPSA) is 89.6 Å². The molecule has 2 saturated carbocycles. The molecule has 2 aliphatic rings. The third kappa shape index (κ3) is 4.93. The van der Waals surface area contributed by atoms with Crippen molar-refractivity contribution in [2.24, 2.45) is 11.3 Å². The summed E-state index contributed by atoms with van der Waals surface area (Å²) in [6.45, 7) is 4.28. The van der Waals surface area contributed by atoms with E-state index in [1.807, 2.05) is 47.2 Å². The summed E-state index contributed by atoms with van der Waals surface area (Å²) in [5.74, 6) is 0.895. The van der Waals surface area contributed by atoms with Gasteiger partial charge in [-0.1, -0.05) is 90.8 Å². The average Bonchev–Trinajstić information content (AvgIpc) is 3.71. The number of benzene rings is 3. The number of halogens is 1. The average molecular weight is 624 g/mol. The van der Waals surface area contributed by atoms with Crippen LogP contribution in [0.5, 0.6) is 5.75 Å². The molecule has 2 aliphatic carbocycles. The van der Waals surface area contributed by atoms with Crippen molar-refractivity contribution in [3.63, 3.8) is 0 Å². The maximum absolute atomic E-state index is 11.7. The molecule has 2 fully saturated rings. The minimum absolute atomic E-state index is 0.121. The summed E-state index contributed by atoms with van der Waals surface area (Å²) in [7, 11) is 1.67. The number of aliphatic hydroxyl groups is 2. The first-order valence-electron chi connectivity index (χ1n) is 15.5. The Morgan fingerprint density at radius 1 is 0.867 bits per heavy atom. The van der Waals surface area contributed by atoms with Crippen molar-refractivity contribution in [1.82, 2.24) is 14.5 Å². The van der Waals surface area contributed by atoms with Gasteiger partial charge in [-0.25, -0.2) is 9.97 Å². The Kier molecular flexibility index (Phi) is 7.69. The van der Waals surface area contributed by atoms with E-state index in [4.69, 9.17) is 21.1 Å². The van der Waals surface area contributed by atoms with Gasteiger partial charge in [0.2, 0.25) is 0 Å². The van der Waals surface area contributed by atoms with Crippen molar-refractivity contribution in [2.75, 3.05) is 7.11 Å².